The molecule has 0 bridgehead atoms. The summed E-state index contributed by atoms with van der Waals surface area (Å²) < 4.78 is 6.72. The lowest BCUT2D eigenvalue weighted by molar-refractivity contribution is -0.115. The summed E-state index contributed by atoms with van der Waals surface area (Å²) in [6, 6.07) is 14.2. The zero-order valence-electron chi connectivity index (χ0n) is 16.1. The Hall–Kier alpha value is -3.40. The minimum atomic E-state index is -0.437. The fourth-order valence-corrected chi connectivity index (χ4v) is 3.24. The van der Waals surface area contributed by atoms with E-state index in [1.165, 1.54) is 18.7 Å². The molecule has 1 atom stereocenters. The Labute approximate surface area is 171 Å². The maximum absolute atomic E-state index is 12.5. The number of anilines is 2. The highest BCUT2D eigenvalue weighted by Crippen LogP contribution is 2.25. The zero-order valence-corrected chi connectivity index (χ0v) is 16.9. The first-order valence-corrected chi connectivity index (χ1v) is 9.62. The van der Waals surface area contributed by atoms with Gasteiger partial charge in [-0.25, -0.2) is 0 Å². The summed E-state index contributed by atoms with van der Waals surface area (Å²) in [5.41, 5.74) is 2.06. The molecule has 1 aromatic heterocycles. The number of tetrazole rings is 1. The van der Waals surface area contributed by atoms with Gasteiger partial charge in [-0.1, -0.05) is 11.8 Å². The number of benzene rings is 2. The van der Waals surface area contributed by atoms with Gasteiger partial charge in [0.25, 0.3) is 0 Å². The number of rotatable bonds is 7. The molecule has 0 saturated carbocycles. The Morgan fingerprint density at radius 3 is 2.24 bits per heavy atom. The lowest BCUT2D eigenvalue weighted by Gasteiger charge is -2.12. The molecule has 3 rings (SSSR count). The topological polar surface area (TPSA) is 111 Å². The summed E-state index contributed by atoms with van der Waals surface area (Å²) in [7, 11) is 1.60. The smallest absolute Gasteiger partial charge is 0.237 e. The van der Waals surface area contributed by atoms with Crippen LogP contribution in [0.15, 0.2) is 53.7 Å². The Kier molecular flexibility index (Phi) is 6.45. The van der Waals surface area contributed by atoms with Gasteiger partial charge in [0.1, 0.15) is 5.75 Å². The largest absolute Gasteiger partial charge is 0.497 e. The van der Waals surface area contributed by atoms with Crippen LogP contribution in [-0.4, -0.2) is 44.4 Å². The van der Waals surface area contributed by atoms with Crippen molar-refractivity contribution in [1.29, 1.82) is 0 Å². The van der Waals surface area contributed by atoms with E-state index in [2.05, 4.69) is 26.2 Å². The van der Waals surface area contributed by atoms with E-state index in [1.807, 2.05) is 24.3 Å². The van der Waals surface area contributed by atoms with Crippen molar-refractivity contribution >= 4 is 35.0 Å². The highest BCUT2D eigenvalue weighted by Gasteiger charge is 2.19. The number of aromatic nitrogens is 4. The first-order chi connectivity index (χ1) is 14.0. The van der Waals surface area contributed by atoms with Gasteiger partial charge in [0.2, 0.25) is 17.0 Å². The van der Waals surface area contributed by atoms with Crippen LogP contribution in [0.5, 0.6) is 5.75 Å². The Bertz CT molecular complexity index is 988. The van der Waals surface area contributed by atoms with Gasteiger partial charge in [-0.3, -0.25) is 9.59 Å². The van der Waals surface area contributed by atoms with Gasteiger partial charge in [-0.2, -0.15) is 4.68 Å². The molecule has 0 aliphatic heterocycles. The third kappa shape index (κ3) is 5.32. The van der Waals surface area contributed by atoms with Crippen molar-refractivity contribution in [2.45, 2.75) is 24.3 Å². The number of thioether (sulfide) groups is 1. The first kappa shape index (κ1) is 20.3. The van der Waals surface area contributed by atoms with E-state index in [1.54, 1.807) is 43.0 Å². The molecule has 1 heterocycles. The third-order valence-electron chi connectivity index (χ3n) is 3.88. The monoisotopic (exact) mass is 412 g/mol. The second-order valence-corrected chi connectivity index (χ2v) is 7.39. The Morgan fingerprint density at radius 1 is 1.03 bits per heavy atom. The Morgan fingerprint density at radius 2 is 1.66 bits per heavy atom. The minimum absolute atomic E-state index is 0.151. The quantitative estimate of drug-likeness (QED) is 0.574. The second kappa shape index (κ2) is 9.20. The van der Waals surface area contributed by atoms with Crippen LogP contribution in [0.3, 0.4) is 0 Å². The van der Waals surface area contributed by atoms with Crippen molar-refractivity contribution in [2.75, 3.05) is 17.7 Å². The summed E-state index contributed by atoms with van der Waals surface area (Å²) in [6.07, 6.45) is 0. The normalized spacial score (nSPS) is 11.6. The highest BCUT2D eigenvalue weighted by molar-refractivity contribution is 8.00. The molecule has 3 aromatic rings. The molecule has 0 fully saturated rings. The number of nitrogens with zero attached hydrogens (tertiary/aromatic N) is 4. The van der Waals surface area contributed by atoms with Gasteiger partial charge in [-0.05, 0) is 65.9 Å². The van der Waals surface area contributed by atoms with Crippen LogP contribution in [0.25, 0.3) is 5.69 Å². The standard InChI is InChI=1S/C19H20N6O3S/c1-12(18(27)21-15-6-4-14(5-7-15)20-13(2)26)29-19-22-23-24-25(19)16-8-10-17(28-3)11-9-16/h4-12H,1-3H3,(H,20,26)(H,21,27). The molecule has 9 nitrogen and oxygen atoms in total. The van der Waals surface area contributed by atoms with Crippen molar-refractivity contribution in [1.82, 2.24) is 20.2 Å². The number of carbonyl (C=O) groups excluding carboxylic acids is 2. The molecule has 0 aliphatic carbocycles. The molecule has 2 amide bonds. The predicted molar refractivity (Wildman–Crippen MR) is 110 cm³/mol. The maximum atomic E-state index is 12.5. The number of nitrogens with one attached hydrogen (secondary N) is 2. The first-order valence-electron chi connectivity index (χ1n) is 8.74. The molecule has 0 spiro atoms. The van der Waals surface area contributed by atoms with Crippen molar-refractivity contribution in [3.05, 3.63) is 48.5 Å². The summed E-state index contributed by atoms with van der Waals surface area (Å²) in [5.74, 6) is 0.390. The summed E-state index contributed by atoms with van der Waals surface area (Å²) in [5, 5.41) is 17.3. The fourth-order valence-electron chi connectivity index (χ4n) is 2.43. The molecule has 150 valence electrons. The average molecular weight is 412 g/mol. The lowest BCUT2D eigenvalue weighted by Crippen LogP contribution is -2.23. The molecular formula is C19H20N6O3S. The van der Waals surface area contributed by atoms with E-state index >= 15 is 0 Å². The van der Waals surface area contributed by atoms with E-state index in [9.17, 15) is 9.59 Å². The van der Waals surface area contributed by atoms with E-state index in [-0.39, 0.29) is 11.8 Å². The number of ether oxygens (including phenoxy) is 1. The summed E-state index contributed by atoms with van der Waals surface area (Å²) >= 11 is 1.25. The van der Waals surface area contributed by atoms with E-state index in [0.717, 1.165) is 11.4 Å². The van der Waals surface area contributed by atoms with Crippen molar-refractivity contribution in [2.24, 2.45) is 0 Å². The van der Waals surface area contributed by atoms with E-state index < -0.39 is 5.25 Å². The third-order valence-corrected chi connectivity index (χ3v) is 4.92. The predicted octanol–water partition coefficient (Wildman–Crippen LogP) is 2.75. The molecular weight excluding hydrogens is 392 g/mol. The molecule has 0 radical (unpaired) electrons. The number of hydrogen-bond donors (Lipinski definition) is 2. The van der Waals surface area contributed by atoms with Crippen LogP contribution in [-0.2, 0) is 9.59 Å². The molecule has 2 aromatic carbocycles. The molecule has 0 saturated heterocycles. The van der Waals surface area contributed by atoms with Gasteiger partial charge in [0.05, 0.1) is 18.0 Å². The SMILES string of the molecule is COc1ccc(-n2nnnc2SC(C)C(=O)Nc2ccc(NC(C)=O)cc2)cc1. The highest BCUT2D eigenvalue weighted by atomic mass is 32.2. The number of methoxy groups -OCH3 is 1. The van der Waals surface area contributed by atoms with Crippen molar-refractivity contribution in [3.63, 3.8) is 0 Å². The van der Waals surface area contributed by atoms with Crippen molar-refractivity contribution in [3.8, 4) is 11.4 Å². The molecule has 29 heavy (non-hydrogen) atoms. The van der Waals surface area contributed by atoms with Crippen LogP contribution in [0, 0.1) is 0 Å². The van der Waals surface area contributed by atoms with Crippen LogP contribution < -0.4 is 15.4 Å². The van der Waals surface area contributed by atoms with Gasteiger partial charge in [0, 0.05) is 18.3 Å². The molecule has 0 aliphatic rings. The molecule has 2 N–H and O–H groups in total. The van der Waals surface area contributed by atoms with Crippen LogP contribution >= 0.6 is 11.8 Å². The lowest BCUT2D eigenvalue weighted by atomic mass is 10.2. The van der Waals surface area contributed by atoms with Gasteiger partial charge >= 0.3 is 0 Å². The van der Waals surface area contributed by atoms with Crippen molar-refractivity contribution < 1.29 is 14.3 Å². The minimum Gasteiger partial charge on any atom is -0.497 e. The van der Waals surface area contributed by atoms with E-state index in [0.29, 0.717) is 16.5 Å². The van der Waals surface area contributed by atoms with Crippen LogP contribution in [0.1, 0.15) is 13.8 Å². The van der Waals surface area contributed by atoms with Crippen LogP contribution in [0.2, 0.25) is 0 Å². The zero-order chi connectivity index (χ0) is 20.8. The Balaban J connectivity index is 1.64. The molecule has 1 unspecified atom stereocenters. The summed E-state index contributed by atoms with van der Waals surface area (Å²) in [4.78, 5) is 23.6. The number of carbonyl (C=O) groups is 2. The molecule has 10 heteroatoms. The van der Waals surface area contributed by atoms with Gasteiger partial charge < -0.3 is 15.4 Å². The maximum Gasteiger partial charge on any atom is 0.237 e. The summed E-state index contributed by atoms with van der Waals surface area (Å²) in [6.45, 7) is 3.22. The van der Waals surface area contributed by atoms with Crippen LogP contribution in [0.4, 0.5) is 11.4 Å². The van der Waals surface area contributed by atoms with Gasteiger partial charge in [-0.15, -0.1) is 5.10 Å². The second-order valence-electron chi connectivity index (χ2n) is 6.08. The van der Waals surface area contributed by atoms with E-state index in [4.69, 9.17) is 4.74 Å². The number of amides is 2. The average Bonchev–Trinajstić information content (AvgIpc) is 3.17. The number of hydrogen-bond acceptors (Lipinski definition) is 7. The van der Waals surface area contributed by atoms with Gasteiger partial charge in [0.15, 0.2) is 0 Å². The fraction of sp³-hybridized carbons (Fsp3) is 0.211.